The fourth-order valence-corrected chi connectivity index (χ4v) is 2.39. The fraction of sp³-hybridized carbons (Fsp3) is 0.889. The third-order valence-corrected chi connectivity index (χ3v) is 3.19. The first kappa shape index (κ1) is 7.14. The minimum atomic E-state index is 0.0142. The number of hydrogen-bond acceptors (Lipinski definition) is 2. The average molecular weight is 154 g/mol. The van der Waals surface area contributed by atoms with Crippen LogP contribution in [0.2, 0.25) is 0 Å². The summed E-state index contributed by atoms with van der Waals surface area (Å²) in [4.78, 5) is 10.9. The second-order valence-electron chi connectivity index (χ2n) is 3.87. The van der Waals surface area contributed by atoms with Gasteiger partial charge in [0.1, 0.15) is 0 Å². The molecule has 2 rings (SSSR count). The van der Waals surface area contributed by atoms with Crippen LogP contribution in [0.15, 0.2) is 0 Å². The summed E-state index contributed by atoms with van der Waals surface area (Å²) >= 11 is 0. The molecule has 3 atom stereocenters. The predicted molar refractivity (Wildman–Crippen MR) is 41.0 cm³/mol. The van der Waals surface area contributed by atoms with Crippen LogP contribution in [0.4, 0.5) is 0 Å². The van der Waals surface area contributed by atoms with Gasteiger partial charge in [-0.15, -0.1) is 0 Å². The van der Waals surface area contributed by atoms with E-state index in [4.69, 9.17) is 4.74 Å². The maximum Gasteiger partial charge on any atom is 0.306 e. The van der Waals surface area contributed by atoms with Crippen molar-refractivity contribution < 1.29 is 9.53 Å². The van der Waals surface area contributed by atoms with Crippen LogP contribution in [-0.4, -0.2) is 12.6 Å². The molecule has 0 bridgehead atoms. The standard InChI is InChI=1S/C9H14O2/c1-6-2-3-7-4-9(10)11-5-8(6)7/h6-8H,2-5H2,1H3/t6-,7+,8+/m1/s1. The van der Waals surface area contributed by atoms with Crippen LogP contribution in [0.5, 0.6) is 0 Å². The zero-order valence-electron chi connectivity index (χ0n) is 6.88. The monoisotopic (exact) mass is 154 g/mol. The van der Waals surface area contributed by atoms with Gasteiger partial charge in [0.05, 0.1) is 6.61 Å². The van der Waals surface area contributed by atoms with Crippen molar-refractivity contribution in [2.24, 2.45) is 17.8 Å². The molecule has 1 saturated carbocycles. The maximum atomic E-state index is 10.9. The van der Waals surface area contributed by atoms with Crippen LogP contribution in [0.1, 0.15) is 26.2 Å². The Bertz CT molecular complexity index is 176. The van der Waals surface area contributed by atoms with E-state index in [0.717, 1.165) is 5.92 Å². The highest BCUT2D eigenvalue weighted by Crippen LogP contribution is 2.41. The Hall–Kier alpha value is -0.530. The largest absolute Gasteiger partial charge is 0.465 e. The maximum absolute atomic E-state index is 10.9. The van der Waals surface area contributed by atoms with Crippen LogP contribution in [0.25, 0.3) is 0 Å². The summed E-state index contributed by atoms with van der Waals surface area (Å²) in [7, 11) is 0. The van der Waals surface area contributed by atoms with Crippen molar-refractivity contribution in [1.82, 2.24) is 0 Å². The van der Waals surface area contributed by atoms with Gasteiger partial charge in [-0.05, 0) is 24.2 Å². The normalized spacial score (nSPS) is 43.4. The molecule has 0 amide bonds. The summed E-state index contributed by atoms with van der Waals surface area (Å²) in [5.41, 5.74) is 0. The SMILES string of the molecule is C[C@@H]1CC[C@H]2CC(=O)OC[C@H]21. The van der Waals surface area contributed by atoms with E-state index in [1.807, 2.05) is 0 Å². The summed E-state index contributed by atoms with van der Waals surface area (Å²) in [6.07, 6.45) is 3.20. The molecule has 62 valence electrons. The van der Waals surface area contributed by atoms with E-state index in [2.05, 4.69) is 6.92 Å². The first-order valence-electron chi connectivity index (χ1n) is 4.43. The van der Waals surface area contributed by atoms with Gasteiger partial charge in [-0.3, -0.25) is 4.79 Å². The molecule has 2 fully saturated rings. The molecule has 1 aliphatic heterocycles. The molecule has 11 heavy (non-hydrogen) atoms. The average Bonchev–Trinajstić information content (AvgIpc) is 2.32. The Morgan fingerprint density at radius 1 is 1.45 bits per heavy atom. The van der Waals surface area contributed by atoms with E-state index < -0.39 is 0 Å². The second kappa shape index (κ2) is 2.50. The van der Waals surface area contributed by atoms with Gasteiger partial charge in [0.25, 0.3) is 0 Å². The third-order valence-electron chi connectivity index (χ3n) is 3.19. The minimum Gasteiger partial charge on any atom is -0.465 e. The Kier molecular flexibility index (Phi) is 1.63. The predicted octanol–water partition coefficient (Wildman–Crippen LogP) is 1.60. The first-order valence-corrected chi connectivity index (χ1v) is 4.43. The van der Waals surface area contributed by atoms with Crippen molar-refractivity contribution in [1.29, 1.82) is 0 Å². The van der Waals surface area contributed by atoms with Crippen LogP contribution >= 0.6 is 0 Å². The molecule has 0 radical (unpaired) electrons. The number of carbonyl (C=O) groups excluding carboxylic acids is 1. The Balaban J connectivity index is 2.05. The van der Waals surface area contributed by atoms with E-state index in [1.54, 1.807) is 0 Å². The number of rotatable bonds is 0. The molecule has 0 spiro atoms. The second-order valence-corrected chi connectivity index (χ2v) is 3.87. The molecular weight excluding hydrogens is 140 g/mol. The van der Waals surface area contributed by atoms with Gasteiger partial charge in [-0.1, -0.05) is 13.3 Å². The number of cyclic esters (lactones) is 1. The number of esters is 1. The number of hydrogen-bond donors (Lipinski definition) is 0. The molecular formula is C9H14O2. The van der Waals surface area contributed by atoms with Gasteiger partial charge in [0, 0.05) is 6.42 Å². The molecule has 0 aromatic rings. The topological polar surface area (TPSA) is 26.3 Å². The van der Waals surface area contributed by atoms with Gasteiger partial charge in [0.15, 0.2) is 0 Å². The van der Waals surface area contributed by atoms with Gasteiger partial charge in [-0.2, -0.15) is 0 Å². The summed E-state index contributed by atoms with van der Waals surface area (Å²) in [5, 5.41) is 0. The number of fused-ring (bicyclic) bond motifs is 1. The Morgan fingerprint density at radius 3 is 3.09 bits per heavy atom. The molecule has 0 aromatic carbocycles. The zero-order valence-corrected chi connectivity index (χ0v) is 6.88. The summed E-state index contributed by atoms with van der Waals surface area (Å²) < 4.78 is 5.02. The minimum absolute atomic E-state index is 0.0142. The van der Waals surface area contributed by atoms with Crippen molar-refractivity contribution in [2.75, 3.05) is 6.61 Å². The number of ether oxygens (including phenoxy) is 1. The molecule has 1 saturated heterocycles. The zero-order chi connectivity index (χ0) is 7.84. The van der Waals surface area contributed by atoms with Crippen molar-refractivity contribution in [3.05, 3.63) is 0 Å². The van der Waals surface area contributed by atoms with Crippen molar-refractivity contribution >= 4 is 5.97 Å². The molecule has 0 aromatic heterocycles. The summed E-state index contributed by atoms with van der Waals surface area (Å²) in [5.74, 6) is 2.10. The van der Waals surface area contributed by atoms with Crippen molar-refractivity contribution in [2.45, 2.75) is 26.2 Å². The van der Waals surface area contributed by atoms with Crippen LogP contribution in [0, 0.1) is 17.8 Å². The van der Waals surface area contributed by atoms with Gasteiger partial charge >= 0.3 is 5.97 Å². The molecule has 1 heterocycles. The Labute approximate surface area is 66.9 Å². The summed E-state index contributed by atoms with van der Waals surface area (Å²) in [6, 6.07) is 0. The highest BCUT2D eigenvalue weighted by atomic mass is 16.5. The smallest absolute Gasteiger partial charge is 0.306 e. The van der Waals surface area contributed by atoms with Crippen LogP contribution in [0.3, 0.4) is 0 Å². The van der Waals surface area contributed by atoms with Crippen LogP contribution in [-0.2, 0) is 9.53 Å². The highest BCUT2D eigenvalue weighted by Gasteiger charge is 2.38. The molecule has 1 aliphatic carbocycles. The first-order chi connectivity index (χ1) is 5.27. The quantitative estimate of drug-likeness (QED) is 0.495. The van der Waals surface area contributed by atoms with Gasteiger partial charge in [0.2, 0.25) is 0 Å². The van der Waals surface area contributed by atoms with Crippen LogP contribution < -0.4 is 0 Å². The lowest BCUT2D eigenvalue weighted by Gasteiger charge is -2.26. The summed E-state index contributed by atoms with van der Waals surface area (Å²) in [6.45, 7) is 2.95. The van der Waals surface area contributed by atoms with E-state index in [1.165, 1.54) is 12.8 Å². The fourth-order valence-electron chi connectivity index (χ4n) is 2.39. The van der Waals surface area contributed by atoms with E-state index in [0.29, 0.717) is 24.9 Å². The van der Waals surface area contributed by atoms with E-state index in [9.17, 15) is 4.79 Å². The van der Waals surface area contributed by atoms with Crippen molar-refractivity contribution in [3.8, 4) is 0 Å². The molecule has 2 nitrogen and oxygen atoms in total. The molecule has 0 N–H and O–H groups in total. The van der Waals surface area contributed by atoms with E-state index >= 15 is 0 Å². The molecule has 2 aliphatic rings. The highest BCUT2D eigenvalue weighted by molar-refractivity contribution is 5.70. The Morgan fingerprint density at radius 2 is 2.27 bits per heavy atom. The van der Waals surface area contributed by atoms with Crippen molar-refractivity contribution in [3.63, 3.8) is 0 Å². The lowest BCUT2D eigenvalue weighted by atomic mass is 9.87. The number of carbonyl (C=O) groups is 1. The third kappa shape index (κ3) is 1.15. The van der Waals surface area contributed by atoms with Gasteiger partial charge in [-0.25, -0.2) is 0 Å². The molecule has 2 heteroatoms. The van der Waals surface area contributed by atoms with E-state index in [-0.39, 0.29) is 5.97 Å². The lowest BCUT2D eigenvalue weighted by molar-refractivity contribution is -0.152. The van der Waals surface area contributed by atoms with Gasteiger partial charge < -0.3 is 4.74 Å². The molecule has 0 unspecified atom stereocenters. The lowest BCUT2D eigenvalue weighted by Crippen LogP contribution is -2.29.